The van der Waals surface area contributed by atoms with Crippen LogP contribution in [0.15, 0.2) is 59.6 Å². The standard InChI is InChI=1S/C18H17ClFN5O2S/c1-25(2)14-9-18(23-21-11-14)22-12-3-5-13(6-4-12)24-28(26,27)15-7-8-17(20)16(19)10-15/h3-11,24H,1-2H3,(H,22,23). The molecule has 2 aromatic carbocycles. The Morgan fingerprint density at radius 1 is 1.04 bits per heavy atom. The molecule has 0 aliphatic heterocycles. The number of hydrogen-bond acceptors (Lipinski definition) is 6. The van der Waals surface area contributed by atoms with Crippen LogP contribution in [-0.4, -0.2) is 32.7 Å². The summed E-state index contributed by atoms with van der Waals surface area (Å²) < 4.78 is 40.5. The Morgan fingerprint density at radius 3 is 2.36 bits per heavy atom. The van der Waals surface area contributed by atoms with Gasteiger partial charge in [0.2, 0.25) is 0 Å². The van der Waals surface area contributed by atoms with Gasteiger partial charge in [-0.3, -0.25) is 4.72 Å². The average Bonchev–Trinajstić information content (AvgIpc) is 2.65. The maximum atomic E-state index is 13.2. The van der Waals surface area contributed by atoms with Gasteiger partial charge in [-0.2, -0.15) is 5.10 Å². The third-order valence-corrected chi connectivity index (χ3v) is 5.44. The largest absolute Gasteiger partial charge is 0.376 e. The summed E-state index contributed by atoms with van der Waals surface area (Å²) in [5, 5.41) is 10.8. The van der Waals surface area contributed by atoms with Crippen LogP contribution in [0.2, 0.25) is 5.02 Å². The minimum Gasteiger partial charge on any atom is -0.376 e. The normalized spacial score (nSPS) is 11.1. The number of hydrogen-bond donors (Lipinski definition) is 2. The van der Waals surface area contributed by atoms with Crippen LogP contribution in [-0.2, 0) is 10.0 Å². The first-order chi connectivity index (χ1) is 13.2. The van der Waals surface area contributed by atoms with Gasteiger partial charge in [0.15, 0.2) is 5.82 Å². The zero-order valence-electron chi connectivity index (χ0n) is 15.0. The molecule has 0 radical (unpaired) electrons. The van der Waals surface area contributed by atoms with Crippen molar-refractivity contribution in [2.24, 2.45) is 0 Å². The highest BCUT2D eigenvalue weighted by Gasteiger charge is 2.16. The van der Waals surface area contributed by atoms with E-state index in [9.17, 15) is 12.8 Å². The maximum Gasteiger partial charge on any atom is 0.261 e. The van der Waals surface area contributed by atoms with E-state index in [0.717, 1.165) is 23.9 Å². The van der Waals surface area contributed by atoms with Crippen LogP contribution in [0.1, 0.15) is 0 Å². The van der Waals surface area contributed by atoms with Gasteiger partial charge in [-0.15, -0.1) is 5.10 Å². The number of aromatic nitrogens is 2. The first-order valence-electron chi connectivity index (χ1n) is 8.09. The lowest BCUT2D eigenvalue weighted by atomic mass is 10.3. The third-order valence-electron chi connectivity index (χ3n) is 3.77. The molecule has 0 bridgehead atoms. The van der Waals surface area contributed by atoms with Crippen molar-refractivity contribution in [1.29, 1.82) is 0 Å². The summed E-state index contributed by atoms with van der Waals surface area (Å²) in [7, 11) is -0.0912. The van der Waals surface area contributed by atoms with Gasteiger partial charge in [-0.05, 0) is 42.5 Å². The molecule has 146 valence electrons. The Bertz CT molecular complexity index is 1090. The molecule has 0 aliphatic carbocycles. The second-order valence-electron chi connectivity index (χ2n) is 6.08. The molecule has 0 spiro atoms. The number of nitrogens with zero attached hydrogens (tertiary/aromatic N) is 3. The molecule has 0 aliphatic rings. The second-order valence-corrected chi connectivity index (χ2v) is 8.17. The number of benzene rings is 2. The highest BCUT2D eigenvalue weighted by molar-refractivity contribution is 7.92. The number of anilines is 4. The van der Waals surface area contributed by atoms with Gasteiger partial charge in [0.05, 0.1) is 21.8 Å². The van der Waals surface area contributed by atoms with Crippen LogP contribution in [0.25, 0.3) is 0 Å². The first kappa shape index (κ1) is 19.8. The minimum atomic E-state index is -3.89. The maximum absolute atomic E-state index is 13.2. The Kier molecular flexibility index (Phi) is 5.66. The predicted molar refractivity (Wildman–Crippen MR) is 108 cm³/mol. The van der Waals surface area contributed by atoms with Crippen LogP contribution in [0.4, 0.5) is 27.3 Å². The molecule has 0 unspecified atom stereocenters. The van der Waals surface area contributed by atoms with E-state index in [4.69, 9.17) is 11.6 Å². The van der Waals surface area contributed by atoms with E-state index in [1.807, 2.05) is 25.1 Å². The van der Waals surface area contributed by atoms with Crippen molar-refractivity contribution in [2.75, 3.05) is 29.0 Å². The summed E-state index contributed by atoms with van der Waals surface area (Å²) >= 11 is 5.66. The molecule has 28 heavy (non-hydrogen) atoms. The highest BCUT2D eigenvalue weighted by Crippen LogP contribution is 2.24. The van der Waals surface area contributed by atoms with Gasteiger partial charge in [-0.25, -0.2) is 12.8 Å². The lowest BCUT2D eigenvalue weighted by molar-refractivity contribution is 0.599. The smallest absolute Gasteiger partial charge is 0.261 e. The molecule has 0 amide bonds. The molecule has 0 atom stereocenters. The topological polar surface area (TPSA) is 87.2 Å². The molecule has 7 nitrogen and oxygen atoms in total. The monoisotopic (exact) mass is 421 g/mol. The van der Waals surface area contributed by atoms with Gasteiger partial charge >= 0.3 is 0 Å². The van der Waals surface area contributed by atoms with Gasteiger partial charge in [0, 0.05) is 31.5 Å². The van der Waals surface area contributed by atoms with Crippen LogP contribution >= 0.6 is 11.6 Å². The van der Waals surface area contributed by atoms with Crippen molar-refractivity contribution in [3.05, 3.63) is 65.6 Å². The van der Waals surface area contributed by atoms with E-state index < -0.39 is 15.8 Å². The fourth-order valence-electron chi connectivity index (χ4n) is 2.29. The summed E-state index contributed by atoms with van der Waals surface area (Å²) in [5.41, 5.74) is 1.94. The molecular weight excluding hydrogens is 405 g/mol. The molecule has 3 rings (SSSR count). The molecule has 1 heterocycles. The van der Waals surface area contributed by atoms with Crippen molar-refractivity contribution >= 4 is 44.5 Å². The zero-order chi connectivity index (χ0) is 20.3. The minimum absolute atomic E-state index is 0.128. The van der Waals surface area contributed by atoms with E-state index >= 15 is 0 Å². The average molecular weight is 422 g/mol. The van der Waals surface area contributed by atoms with E-state index in [0.29, 0.717) is 17.2 Å². The van der Waals surface area contributed by atoms with Crippen LogP contribution < -0.4 is 14.9 Å². The SMILES string of the molecule is CN(C)c1cnnc(Nc2ccc(NS(=O)(=O)c3ccc(F)c(Cl)c3)cc2)c1. The highest BCUT2D eigenvalue weighted by atomic mass is 35.5. The Hall–Kier alpha value is -2.91. The van der Waals surface area contributed by atoms with E-state index in [-0.39, 0.29) is 9.92 Å². The molecular formula is C18H17ClFN5O2S. The van der Waals surface area contributed by atoms with Gasteiger partial charge in [-0.1, -0.05) is 11.6 Å². The Labute approximate surface area is 167 Å². The van der Waals surface area contributed by atoms with Crippen molar-refractivity contribution < 1.29 is 12.8 Å². The zero-order valence-corrected chi connectivity index (χ0v) is 16.6. The summed E-state index contributed by atoms with van der Waals surface area (Å²) in [5.74, 6) is -0.127. The molecule has 10 heteroatoms. The molecule has 0 fully saturated rings. The fraction of sp³-hybridized carbons (Fsp3) is 0.111. The van der Waals surface area contributed by atoms with Gasteiger partial charge < -0.3 is 10.2 Å². The second kappa shape index (κ2) is 7.99. The van der Waals surface area contributed by atoms with Crippen molar-refractivity contribution in [3.8, 4) is 0 Å². The predicted octanol–water partition coefficient (Wildman–Crippen LogP) is 3.88. The number of halogens is 2. The Balaban J connectivity index is 1.73. The fourth-order valence-corrected chi connectivity index (χ4v) is 3.62. The molecule has 1 aromatic heterocycles. The molecule has 0 saturated carbocycles. The summed E-state index contributed by atoms with van der Waals surface area (Å²) in [6.07, 6.45) is 1.64. The first-order valence-corrected chi connectivity index (χ1v) is 9.96. The van der Waals surface area contributed by atoms with Crippen molar-refractivity contribution in [3.63, 3.8) is 0 Å². The summed E-state index contributed by atoms with van der Waals surface area (Å²) in [6.45, 7) is 0. The van der Waals surface area contributed by atoms with E-state index in [2.05, 4.69) is 20.2 Å². The lowest BCUT2D eigenvalue weighted by Gasteiger charge is -2.13. The van der Waals surface area contributed by atoms with Crippen molar-refractivity contribution in [2.45, 2.75) is 4.90 Å². The van der Waals surface area contributed by atoms with Crippen LogP contribution in [0.5, 0.6) is 0 Å². The van der Waals surface area contributed by atoms with Crippen LogP contribution in [0, 0.1) is 5.82 Å². The quantitative estimate of drug-likeness (QED) is 0.628. The molecule has 0 saturated heterocycles. The van der Waals surface area contributed by atoms with Gasteiger partial charge in [0.25, 0.3) is 10.0 Å². The summed E-state index contributed by atoms with van der Waals surface area (Å²) in [4.78, 5) is 1.77. The number of nitrogens with one attached hydrogen (secondary N) is 2. The number of sulfonamides is 1. The molecule has 3 aromatic rings. The van der Waals surface area contributed by atoms with Crippen LogP contribution in [0.3, 0.4) is 0 Å². The molecule has 2 N–H and O–H groups in total. The Morgan fingerprint density at radius 2 is 1.71 bits per heavy atom. The lowest BCUT2D eigenvalue weighted by Crippen LogP contribution is -2.13. The van der Waals surface area contributed by atoms with Crippen molar-refractivity contribution in [1.82, 2.24) is 10.2 Å². The third kappa shape index (κ3) is 4.68. The van der Waals surface area contributed by atoms with Gasteiger partial charge in [0.1, 0.15) is 5.82 Å². The summed E-state index contributed by atoms with van der Waals surface area (Å²) in [6, 6.07) is 11.6. The number of rotatable bonds is 6. The van der Waals surface area contributed by atoms with E-state index in [1.165, 1.54) is 0 Å². The van der Waals surface area contributed by atoms with E-state index in [1.54, 1.807) is 30.5 Å².